The number of nitrogens with two attached hydrogens (primary N) is 1. The predicted octanol–water partition coefficient (Wildman–Crippen LogP) is 0.795. The molecule has 0 radical (unpaired) electrons. The van der Waals surface area contributed by atoms with E-state index in [0.29, 0.717) is 0 Å². The van der Waals surface area contributed by atoms with Crippen molar-refractivity contribution in [3.05, 3.63) is 29.8 Å². The van der Waals surface area contributed by atoms with Crippen molar-refractivity contribution in [1.82, 2.24) is 5.32 Å². The lowest BCUT2D eigenvalue weighted by atomic mass is 10.2. The summed E-state index contributed by atoms with van der Waals surface area (Å²) in [6.45, 7) is 1.60. The predicted molar refractivity (Wildman–Crippen MR) is 65.0 cm³/mol. The number of nitrogens with one attached hydrogen (secondary N) is 1. The SMILES string of the molecule is COc1ccc(COC(=O)N[C@@H](C)C(N)=O)cc1. The van der Waals surface area contributed by atoms with Gasteiger partial charge in [-0.2, -0.15) is 0 Å². The molecule has 6 heteroatoms. The maximum absolute atomic E-state index is 11.3. The van der Waals surface area contributed by atoms with E-state index in [4.69, 9.17) is 15.2 Å². The van der Waals surface area contributed by atoms with Gasteiger partial charge in [0.1, 0.15) is 18.4 Å². The lowest BCUT2D eigenvalue weighted by molar-refractivity contribution is -0.119. The number of hydrogen-bond acceptors (Lipinski definition) is 4. The number of carbonyl (C=O) groups excluding carboxylic acids is 2. The van der Waals surface area contributed by atoms with Crippen LogP contribution in [-0.4, -0.2) is 25.2 Å². The number of rotatable bonds is 5. The van der Waals surface area contributed by atoms with E-state index >= 15 is 0 Å². The van der Waals surface area contributed by atoms with Crippen molar-refractivity contribution in [1.29, 1.82) is 0 Å². The highest BCUT2D eigenvalue weighted by Crippen LogP contribution is 2.11. The first kappa shape index (κ1) is 13.8. The van der Waals surface area contributed by atoms with Crippen LogP contribution < -0.4 is 15.8 Å². The van der Waals surface area contributed by atoms with Crippen LogP contribution in [-0.2, 0) is 16.1 Å². The van der Waals surface area contributed by atoms with Crippen molar-refractivity contribution in [2.45, 2.75) is 19.6 Å². The van der Waals surface area contributed by atoms with Gasteiger partial charge in [0, 0.05) is 0 Å². The standard InChI is InChI=1S/C12H16N2O4/c1-8(11(13)15)14-12(16)18-7-9-3-5-10(17-2)6-4-9/h3-6,8H,7H2,1-2H3,(H2,13,15)(H,14,16)/t8-/m0/s1. The molecule has 2 amide bonds. The van der Waals surface area contributed by atoms with Crippen LogP contribution in [0.5, 0.6) is 5.75 Å². The van der Waals surface area contributed by atoms with Gasteiger partial charge in [-0.3, -0.25) is 4.79 Å². The van der Waals surface area contributed by atoms with Crippen LogP contribution >= 0.6 is 0 Å². The van der Waals surface area contributed by atoms with Gasteiger partial charge >= 0.3 is 6.09 Å². The Morgan fingerprint density at radius 2 is 1.94 bits per heavy atom. The summed E-state index contributed by atoms with van der Waals surface area (Å²) in [6.07, 6.45) is -0.683. The number of ether oxygens (including phenoxy) is 2. The van der Waals surface area contributed by atoms with E-state index < -0.39 is 18.0 Å². The zero-order chi connectivity index (χ0) is 13.5. The maximum atomic E-state index is 11.3. The molecule has 0 heterocycles. The Balaban J connectivity index is 2.40. The van der Waals surface area contributed by atoms with Gasteiger partial charge < -0.3 is 20.5 Å². The fourth-order valence-corrected chi connectivity index (χ4v) is 1.16. The molecule has 0 aliphatic heterocycles. The quantitative estimate of drug-likeness (QED) is 0.810. The number of primary amides is 1. The third kappa shape index (κ3) is 4.32. The molecule has 0 saturated carbocycles. The molecule has 0 unspecified atom stereocenters. The first-order valence-electron chi connectivity index (χ1n) is 5.38. The molecule has 0 aliphatic carbocycles. The van der Waals surface area contributed by atoms with Crippen molar-refractivity contribution in [3.63, 3.8) is 0 Å². The van der Waals surface area contributed by atoms with E-state index in [0.717, 1.165) is 11.3 Å². The summed E-state index contributed by atoms with van der Waals surface area (Å²) in [4.78, 5) is 22.0. The Morgan fingerprint density at radius 1 is 1.33 bits per heavy atom. The van der Waals surface area contributed by atoms with Gasteiger partial charge in [0.2, 0.25) is 5.91 Å². The second-order valence-corrected chi connectivity index (χ2v) is 3.69. The second kappa shape index (κ2) is 6.48. The molecule has 1 aromatic carbocycles. The zero-order valence-electron chi connectivity index (χ0n) is 10.3. The van der Waals surface area contributed by atoms with Gasteiger partial charge in [0.05, 0.1) is 7.11 Å². The van der Waals surface area contributed by atoms with Gasteiger partial charge in [-0.15, -0.1) is 0 Å². The summed E-state index contributed by atoms with van der Waals surface area (Å²) >= 11 is 0. The topological polar surface area (TPSA) is 90.7 Å². The van der Waals surface area contributed by atoms with Crippen LogP contribution in [0.1, 0.15) is 12.5 Å². The summed E-state index contributed by atoms with van der Waals surface area (Å²) in [6, 6.07) is 6.34. The summed E-state index contributed by atoms with van der Waals surface area (Å²) in [7, 11) is 1.57. The third-order valence-corrected chi connectivity index (χ3v) is 2.29. The molecular weight excluding hydrogens is 236 g/mol. The lowest BCUT2D eigenvalue weighted by Gasteiger charge is -2.10. The van der Waals surface area contributed by atoms with Crippen molar-refractivity contribution >= 4 is 12.0 Å². The molecule has 0 spiro atoms. The molecule has 1 aromatic rings. The zero-order valence-corrected chi connectivity index (χ0v) is 10.3. The normalized spacial score (nSPS) is 11.4. The minimum absolute atomic E-state index is 0.112. The van der Waals surface area contributed by atoms with Crippen molar-refractivity contribution in [3.8, 4) is 5.75 Å². The molecule has 0 bridgehead atoms. The van der Waals surface area contributed by atoms with Crippen LogP contribution in [0.3, 0.4) is 0 Å². The number of hydrogen-bond donors (Lipinski definition) is 2. The average Bonchev–Trinajstić information content (AvgIpc) is 2.36. The van der Waals surface area contributed by atoms with E-state index in [2.05, 4.69) is 5.32 Å². The number of amides is 2. The highest BCUT2D eigenvalue weighted by molar-refractivity contribution is 5.83. The highest BCUT2D eigenvalue weighted by Gasteiger charge is 2.12. The van der Waals surface area contributed by atoms with Crippen molar-refractivity contribution in [2.75, 3.05) is 7.11 Å². The molecule has 98 valence electrons. The molecule has 0 aromatic heterocycles. The molecule has 0 saturated heterocycles. The Hall–Kier alpha value is -2.24. The lowest BCUT2D eigenvalue weighted by Crippen LogP contribution is -2.42. The van der Waals surface area contributed by atoms with E-state index in [1.165, 1.54) is 6.92 Å². The monoisotopic (exact) mass is 252 g/mol. The highest BCUT2D eigenvalue weighted by atomic mass is 16.5. The van der Waals surface area contributed by atoms with Crippen LogP contribution in [0.4, 0.5) is 4.79 Å². The number of alkyl carbamates (subject to hydrolysis) is 1. The van der Waals surface area contributed by atoms with Crippen molar-refractivity contribution < 1.29 is 19.1 Å². The molecule has 1 rings (SSSR count). The molecular formula is C12H16N2O4. The average molecular weight is 252 g/mol. The van der Waals surface area contributed by atoms with Crippen LogP contribution in [0, 0.1) is 0 Å². The van der Waals surface area contributed by atoms with Gasteiger partial charge in [-0.05, 0) is 24.6 Å². The van der Waals surface area contributed by atoms with E-state index in [9.17, 15) is 9.59 Å². The van der Waals surface area contributed by atoms with Gasteiger partial charge in [0.25, 0.3) is 0 Å². The third-order valence-electron chi connectivity index (χ3n) is 2.29. The van der Waals surface area contributed by atoms with Gasteiger partial charge in [-0.1, -0.05) is 12.1 Å². The number of benzene rings is 1. The van der Waals surface area contributed by atoms with E-state index in [1.54, 1.807) is 31.4 Å². The summed E-state index contributed by atoms with van der Waals surface area (Å²) in [5.41, 5.74) is 5.82. The Kier molecular flexibility index (Phi) is 4.98. The first-order chi connectivity index (χ1) is 8.52. The molecule has 3 N–H and O–H groups in total. The first-order valence-corrected chi connectivity index (χ1v) is 5.38. The largest absolute Gasteiger partial charge is 0.497 e. The van der Waals surface area contributed by atoms with E-state index in [1.807, 2.05) is 0 Å². The molecule has 18 heavy (non-hydrogen) atoms. The summed E-state index contributed by atoms with van der Waals surface area (Å²) in [5.74, 6) is 0.113. The van der Waals surface area contributed by atoms with Gasteiger partial charge in [0.15, 0.2) is 0 Å². The number of carbonyl (C=O) groups is 2. The fourth-order valence-electron chi connectivity index (χ4n) is 1.16. The minimum atomic E-state index is -0.756. The fraction of sp³-hybridized carbons (Fsp3) is 0.333. The molecule has 6 nitrogen and oxygen atoms in total. The van der Waals surface area contributed by atoms with Crippen LogP contribution in [0.2, 0.25) is 0 Å². The van der Waals surface area contributed by atoms with Crippen molar-refractivity contribution in [2.24, 2.45) is 5.73 Å². The number of methoxy groups -OCH3 is 1. The second-order valence-electron chi connectivity index (χ2n) is 3.69. The molecule has 0 fully saturated rings. The summed E-state index contributed by atoms with van der Waals surface area (Å²) < 4.78 is 9.93. The smallest absolute Gasteiger partial charge is 0.408 e. The Bertz CT molecular complexity index is 417. The summed E-state index contributed by atoms with van der Waals surface area (Å²) in [5, 5.41) is 2.31. The van der Waals surface area contributed by atoms with Crippen LogP contribution in [0.15, 0.2) is 24.3 Å². The molecule has 1 atom stereocenters. The Morgan fingerprint density at radius 3 is 2.44 bits per heavy atom. The Labute approximate surface area is 105 Å². The van der Waals surface area contributed by atoms with Gasteiger partial charge in [-0.25, -0.2) is 4.79 Å². The van der Waals surface area contributed by atoms with E-state index in [-0.39, 0.29) is 6.61 Å². The molecule has 0 aliphatic rings. The maximum Gasteiger partial charge on any atom is 0.408 e. The van der Waals surface area contributed by atoms with Crippen LogP contribution in [0.25, 0.3) is 0 Å². The minimum Gasteiger partial charge on any atom is -0.497 e.